The van der Waals surface area contributed by atoms with E-state index < -0.39 is 15.6 Å². The molecule has 1 aromatic rings. The van der Waals surface area contributed by atoms with E-state index in [4.69, 9.17) is 5.73 Å². The van der Waals surface area contributed by atoms with Crippen LogP contribution < -0.4 is 5.73 Å². The molecule has 0 aromatic heterocycles. The zero-order valence-corrected chi connectivity index (χ0v) is 13.9. The second-order valence-electron chi connectivity index (χ2n) is 6.26. The smallest absolute Gasteiger partial charge is 0.243 e. The fraction of sp³-hybridized carbons (Fsp3) is 0.600. The van der Waals surface area contributed by atoms with Gasteiger partial charge in [0.2, 0.25) is 10.0 Å². The topological polar surface area (TPSA) is 83.6 Å². The molecule has 1 saturated heterocycles. The summed E-state index contributed by atoms with van der Waals surface area (Å²) in [6.07, 6.45) is 0.900. The highest BCUT2D eigenvalue weighted by Crippen LogP contribution is 2.32. The molecule has 0 amide bonds. The van der Waals surface area contributed by atoms with E-state index in [9.17, 15) is 13.5 Å². The predicted molar refractivity (Wildman–Crippen MR) is 83.7 cm³/mol. The highest BCUT2D eigenvalue weighted by Gasteiger charge is 2.35. The Bertz CT molecular complexity index is 630. The van der Waals surface area contributed by atoms with E-state index in [0.717, 1.165) is 11.1 Å². The molecule has 3 N–H and O–H groups in total. The molecule has 0 saturated carbocycles. The number of nitrogens with two attached hydrogens (primary N) is 1. The van der Waals surface area contributed by atoms with E-state index >= 15 is 0 Å². The van der Waals surface area contributed by atoms with Crippen LogP contribution in [-0.2, 0) is 10.0 Å². The number of benzene rings is 1. The zero-order chi connectivity index (χ0) is 16.0. The fourth-order valence-corrected chi connectivity index (χ4v) is 4.74. The van der Waals surface area contributed by atoms with E-state index in [1.807, 2.05) is 19.9 Å². The number of anilines is 1. The largest absolute Gasteiger partial charge is 0.398 e. The number of piperidine rings is 1. The van der Waals surface area contributed by atoms with Crippen LogP contribution in [0.3, 0.4) is 0 Å². The van der Waals surface area contributed by atoms with Crippen molar-refractivity contribution in [2.45, 2.75) is 51.0 Å². The molecule has 0 bridgehead atoms. The van der Waals surface area contributed by atoms with Crippen LogP contribution in [0.1, 0.15) is 36.5 Å². The molecule has 118 valence electrons. The molecule has 0 atom stereocenters. The van der Waals surface area contributed by atoms with Gasteiger partial charge in [-0.1, -0.05) is 0 Å². The highest BCUT2D eigenvalue weighted by atomic mass is 32.2. The number of hydrogen-bond donors (Lipinski definition) is 2. The molecular formula is C15H24N2O3S. The van der Waals surface area contributed by atoms with E-state index in [1.54, 1.807) is 13.8 Å². The number of aryl methyl sites for hydroxylation is 1. The summed E-state index contributed by atoms with van der Waals surface area (Å²) in [7, 11) is -3.58. The van der Waals surface area contributed by atoms with Crippen LogP contribution in [-0.4, -0.2) is 36.5 Å². The molecule has 6 heteroatoms. The Morgan fingerprint density at radius 3 is 2.24 bits per heavy atom. The van der Waals surface area contributed by atoms with Gasteiger partial charge in [0.05, 0.1) is 10.5 Å². The number of aliphatic hydroxyl groups is 1. The Balaban J connectivity index is 2.47. The molecule has 1 heterocycles. The van der Waals surface area contributed by atoms with Gasteiger partial charge in [-0.25, -0.2) is 8.42 Å². The second-order valence-corrected chi connectivity index (χ2v) is 8.14. The van der Waals surface area contributed by atoms with Crippen LogP contribution in [0.15, 0.2) is 11.0 Å². The van der Waals surface area contributed by atoms with Crippen molar-refractivity contribution in [2.75, 3.05) is 18.8 Å². The Kier molecular flexibility index (Phi) is 4.08. The number of nitrogens with zero attached hydrogens (tertiary/aromatic N) is 1. The van der Waals surface area contributed by atoms with Crippen LogP contribution >= 0.6 is 0 Å². The maximum absolute atomic E-state index is 12.9. The Labute approximate surface area is 126 Å². The van der Waals surface area contributed by atoms with Crippen molar-refractivity contribution in [3.63, 3.8) is 0 Å². The molecule has 5 nitrogen and oxygen atoms in total. The Morgan fingerprint density at radius 1 is 1.19 bits per heavy atom. The average molecular weight is 312 g/mol. The molecule has 1 aliphatic rings. The van der Waals surface area contributed by atoms with Gasteiger partial charge in [-0.05, 0) is 63.3 Å². The summed E-state index contributed by atoms with van der Waals surface area (Å²) < 4.78 is 27.3. The van der Waals surface area contributed by atoms with Crippen LogP contribution in [0, 0.1) is 20.8 Å². The summed E-state index contributed by atoms with van der Waals surface area (Å²) in [6.45, 7) is 7.84. The van der Waals surface area contributed by atoms with Gasteiger partial charge in [-0.3, -0.25) is 0 Å². The molecule has 21 heavy (non-hydrogen) atoms. The van der Waals surface area contributed by atoms with Crippen LogP contribution in [0.25, 0.3) is 0 Å². The van der Waals surface area contributed by atoms with Crippen molar-refractivity contribution < 1.29 is 13.5 Å². The summed E-state index contributed by atoms with van der Waals surface area (Å²) in [6, 6.07) is 1.81. The van der Waals surface area contributed by atoms with Crippen LogP contribution in [0.2, 0.25) is 0 Å². The fourth-order valence-electron chi connectivity index (χ4n) is 2.77. The first-order valence-electron chi connectivity index (χ1n) is 7.15. The van der Waals surface area contributed by atoms with Gasteiger partial charge >= 0.3 is 0 Å². The van der Waals surface area contributed by atoms with Crippen LogP contribution in [0.4, 0.5) is 5.69 Å². The maximum atomic E-state index is 12.9. The minimum absolute atomic E-state index is 0.321. The van der Waals surface area contributed by atoms with Gasteiger partial charge in [-0.15, -0.1) is 0 Å². The summed E-state index contributed by atoms with van der Waals surface area (Å²) in [5.74, 6) is 0. The maximum Gasteiger partial charge on any atom is 0.243 e. The average Bonchev–Trinajstić information content (AvgIpc) is 2.36. The lowest BCUT2D eigenvalue weighted by molar-refractivity contribution is 0.0126. The van der Waals surface area contributed by atoms with E-state index in [1.165, 1.54) is 4.31 Å². The lowest BCUT2D eigenvalue weighted by Crippen LogP contribution is -2.45. The molecule has 1 aromatic carbocycles. The van der Waals surface area contributed by atoms with Crippen molar-refractivity contribution in [1.82, 2.24) is 4.31 Å². The SMILES string of the molecule is Cc1cc(N)c(C)c(S(=O)(=O)N2CCC(C)(O)CC2)c1C. The van der Waals surface area contributed by atoms with E-state index in [2.05, 4.69) is 0 Å². The Morgan fingerprint density at radius 2 is 1.71 bits per heavy atom. The monoisotopic (exact) mass is 312 g/mol. The molecule has 1 fully saturated rings. The minimum Gasteiger partial charge on any atom is -0.398 e. The lowest BCUT2D eigenvalue weighted by Gasteiger charge is -2.35. The van der Waals surface area contributed by atoms with Gasteiger partial charge < -0.3 is 10.8 Å². The van der Waals surface area contributed by atoms with E-state index in [-0.39, 0.29) is 0 Å². The quantitative estimate of drug-likeness (QED) is 0.815. The van der Waals surface area contributed by atoms with Crippen molar-refractivity contribution in [3.05, 3.63) is 22.8 Å². The number of sulfonamides is 1. The zero-order valence-electron chi connectivity index (χ0n) is 13.1. The second kappa shape index (κ2) is 5.26. The first-order valence-corrected chi connectivity index (χ1v) is 8.59. The Hall–Kier alpha value is -1.11. The molecule has 0 aliphatic carbocycles. The highest BCUT2D eigenvalue weighted by molar-refractivity contribution is 7.89. The third-order valence-corrected chi connectivity index (χ3v) is 6.65. The minimum atomic E-state index is -3.58. The summed E-state index contributed by atoms with van der Waals surface area (Å²) >= 11 is 0. The van der Waals surface area contributed by atoms with Crippen molar-refractivity contribution >= 4 is 15.7 Å². The molecule has 0 spiro atoms. The first-order chi connectivity index (χ1) is 9.56. The molecule has 2 rings (SSSR count). The number of hydrogen-bond acceptors (Lipinski definition) is 4. The summed E-state index contributed by atoms with van der Waals surface area (Å²) in [5, 5.41) is 9.98. The molecule has 0 radical (unpaired) electrons. The van der Waals surface area contributed by atoms with Crippen molar-refractivity contribution in [3.8, 4) is 0 Å². The number of nitrogen functional groups attached to an aromatic ring is 1. The van der Waals surface area contributed by atoms with Crippen molar-refractivity contribution in [1.29, 1.82) is 0 Å². The summed E-state index contributed by atoms with van der Waals surface area (Å²) in [4.78, 5) is 0.321. The molecular weight excluding hydrogens is 288 g/mol. The van der Waals surface area contributed by atoms with Gasteiger partial charge in [0.1, 0.15) is 0 Å². The third-order valence-electron chi connectivity index (χ3n) is 4.48. The number of rotatable bonds is 2. The van der Waals surface area contributed by atoms with Gasteiger partial charge in [0.15, 0.2) is 0 Å². The third kappa shape index (κ3) is 2.93. The van der Waals surface area contributed by atoms with Gasteiger partial charge in [-0.2, -0.15) is 4.31 Å². The standard InChI is InChI=1S/C15H24N2O3S/c1-10-9-13(16)12(3)14(11(10)2)21(19,20)17-7-5-15(4,18)6-8-17/h9,18H,5-8,16H2,1-4H3. The normalized spacial score (nSPS) is 19.7. The van der Waals surface area contributed by atoms with Gasteiger partial charge in [0, 0.05) is 18.8 Å². The predicted octanol–water partition coefficient (Wildman–Crippen LogP) is 1.73. The van der Waals surface area contributed by atoms with Crippen LogP contribution in [0.5, 0.6) is 0 Å². The molecule has 0 unspecified atom stereocenters. The lowest BCUT2D eigenvalue weighted by atomic mass is 9.95. The van der Waals surface area contributed by atoms with Crippen molar-refractivity contribution in [2.24, 2.45) is 0 Å². The first kappa shape index (κ1) is 16.3. The summed E-state index contributed by atoms with van der Waals surface area (Å²) in [5.41, 5.74) is 7.89. The van der Waals surface area contributed by atoms with E-state index in [0.29, 0.717) is 42.1 Å². The van der Waals surface area contributed by atoms with Gasteiger partial charge in [0.25, 0.3) is 0 Å². The molecule has 1 aliphatic heterocycles.